The van der Waals surface area contributed by atoms with Crippen LogP contribution in [0.2, 0.25) is 5.02 Å². The fourth-order valence-electron chi connectivity index (χ4n) is 3.21. The lowest BCUT2D eigenvalue weighted by Gasteiger charge is -2.17. The van der Waals surface area contributed by atoms with Crippen LogP contribution in [-0.4, -0.2) is 30.9 Å². The van der Waals surface area contributed by atoms with Gasteiger partial charge in [-0.2, -0.15) is 0 Å². The summed E-state index contributed by atoms with van der Waals surface area (Å²) in [4.78, 5) is 38.6. The van der Waals surface area contributed by atoms with Crippen molar-refractivity contribution in [1.82, 2.24) is 0 Å². The fraction of sp³-hybridized carbons (Fsp3) is 0.348. The molecular formula is C23H25ClN2O4. The van der Waals surface area contributed by atoms with Crippen molar-refractivity contribution >= 4 is 40.8 Å². The number of carbonyl (C=O) groups excluding carboxylic acids is 3. The minimum Gasteiger partial charge on any atom is -0.462 e. The maximum absolute atomic E-state index is 12.6. The first-order valence-electron chi connectivity index (χ1n) is 10.0. The van der Waals surface area contributed by atoms with Gasteiger partial charge in [0, 0.05) is 29.4 Å². The average Bonchev–Trinajstić information content (AvgIpc) is 3.12. The summed E-state index contributed by atoms with van der Waals surface area (Å²) in [6, 6.07) is 12.0. The Morgan fingerprint density at radius 3 is 2.60 bits per heavy atom. The predicted molar refractivity (Wildman–Crippen MR) is 117 cm³/mol. The normalized spacial score (nSPS) is 15.9. The third-order valence-electron chi connectivity index (χ3n) is 5.08. The summed E-state index contributed by atoms with van der Waals surface area (Å²) in [5.74, 6) is -1.19. The number of nitrogens with zero attached hydrogens (tertiary/aromatic N) is 1. The Hall–Kier alpha value is -2.86. The molecule has 0 spiro atoms. The summed E-state index contributed by atoms with van der Waals surface area (Å²) in [5, 5.41) is 3.40. The topological polar surface area (TPSA) is 75.7 Å². The van der Waals surface area contributed by atoms with Crippen molar-refractivity contribution < 1.29 is 19.1 Å². The zero-order chi connectivity index (χ0) is 21.7. The number of amides is 2. The number of ether oxygens (including phenoxy) is 1. The molecule has 1 atom stereocenters. The monoisotopic (exact) mass is 428 g/mol. The van der Waals surface area contributed by atoms with Crippen LogP contribution >= 0.6 is 11.6 Å². The van der Waals surface area contributed by atoms with Gasteiger partial charge in [-0.05, 0) is 55.3 Å². The van der Waals surface area contributed by atoms with Crippen molar-refractivity contribution in [3.05, 3.63) is 58.6 Å². The second-order valence-electron chi connectivity index (χ2n) is 7.39. The number of hydrogen-bond donors (Lipinski definition) is 1. The molecule has 0 saturated carbocycles. The van der Waals surface area contributed by atoms with Crippen LogP contribution < -0.4 is 10.2 Å². The third-order valence-corrected chi connectivity index (χ3v) is 5.49. The minimum absolute atomic E-state index is 0.111. The largest absolute Gasteiger partial charge is 0.462 e. The number of anilines is 2. The van der Waals surface area contributed by atoms with Crippen molar-refractivity contribution in [2.45, 2.75) is 33.1 Å². The summed E-state index contributed by atoms with van der Waals surface area (Å²) in [6.45, 7) is 4.61. The van der Waals surface area contributed by atoms with Crippen molar-refractivity contribution in [3.8, 4) is 0 Å². The molecule has 1 saturated heterocycles. The Morgan fingerprint density at radius 2 is 1.93 bits per heavy atom. The number of rotatable bonds is 7. The molecule has 0 bridgehead atoms. The van der Waals surface area contributed by atoms with Gasteiger partial charge >= 0.3 is 5.97 Å². The van der Waals surface area contributed by atoms with Crippen LogP contribution in [0.5, 0.6) is 0 Å². The molecule has 2 aromatic carbocycles. The zero-order valence-electron chi connectivity index (χ0n) is 17.1. The van der Waals surface area contributed by atoms with E-state index in [2.05, 4.69) is 5.32 Å². The molecule has 0 radical (unpaired) electrons. The predicted octanol–water partition coefficient (Wildman–Crippen LogP) is 4.60. The Labute approximate surface area is 181 Å². The van der Waals surface area contributed by atoms with E-state index in [4.69, 9.17) is 16.3 Å². The second kappa shape index (κ2) is 9.76. The van der Waals surface area contributed by atoms with Gasteiger partial charge in [0.15, 0.2) is 0 Å². The highest BCUT2D eigenvalue weighted by atomic mass is 35.5. The number of hydrogen-bond acceptors (Lipinski definition) is 4. The molecule has 1 heterocycles. The SMILES string of the molecule is CCCCOC(=O)c1ccc(NC(=O)[C@@H]2CC(=O)N(c3ccc(C)c(Cl)c3)C2)cc1. The number of esters is 1. The van der Waals surface area contributed by atoms with E-state index in [-0.39, 0.29) is 24.2 Å². The number of halogens is 1. The van der Waals surface area contributed by atoms with Gasteiger partial charge in [-0.15, -0.1) is 0 Å². The van der Waals surface area contributed by atoms with Crippen molar-refractivity contribution in [2.24, 2.45) is 5.92 Å². The first-order valence-corrected chi connectivity index (χ1v) is 10.4. The van der Waals surface area contributed by atoms with Gasteiger partial charge in [0.1, 0.15) is 0 Å². The second-order valence-corrected chi connectivity index (χ2v) is 7.80. The number of unbranched alkanes of at least 4 members (excludes halogenated alkanes) is 1. The van der Waals surface area contributed by atoms with Crippen LogP contribution in [0.1, 0.15) is 42.1 Å². The van der Waals surface area contributed by atoms with Gasteiger partial charge in [0.05, 0.1) is 18.1 Å². The molecule has 158 valence electrons. The van der Waals surface area contributed by atoms with Gasteiger partial charge in [0.25, 0.3) is 0 Å². The summed E-state index contributed by atoms with van der Waals surface area (Å²) in [7, 11) is 0. The van der Waals surface area contributed by atoms with E-state index in [1.54, 1.807) is 35.2 Å². The summed E-state index contributed by atoms with van der Waals surface area (Å²) < 4.78 is 5.17. The van der Waals surface area contributed by atoms with E-state index in [1.165, 1.54) is 0 Å². The van der Waals surface area contributed by atoms with E-state index in [1.807, 2.05) is 26.0 Å². The lowest BCUT2D eigenvalue weighted by Crippen LogP contribution is -2.28. The molecule has 0 unspecified atom stereocenters. The average molecular weight is 429 g/mol. The standard InChI is InChI=1S/C23H25ClN2O4/c1-3-4-11-30-23(29)16-6-8-18(9-7-16)25-22(28)17-12-21(27)26(14-17)19-10-5-15(2)20(24)13-19/h5-10,13,17H,3-4,11-12,14H2,1-2H3,(H,25,28)/t17-/m1/s1. The van der Waals surface area contributed by atoms with Crippen LogP contribution in [0.25, 0.3) is 0 Å². The van der Waals surface area contributed by atoms with Crippen molar-refractivity contribution in [3.63, 3.8) is 0 Å². The molecule has 7 heteroatoms. The molecule has 2 amide bonds. The van der Waals surface area contributed by atoms with Crippen LogP contribution in [0, 0.1) is 12.8 Å². The highest BCUT2D eigenvalue weighted by Gasteiger charge is 2.35. The number of nitrogens with one attached hydrogen (secondary N) is 1. The number of benzene rings is 2. The van der Waals surface area contributed by atoms with Crippen LogP contribution in [0.4, 0.5) is 11.4 Å². The molecule has 1 N–H and O–H groups in total. The molecular weight excluding hydrogens is 404 g/mol. The molecule has 1 aliphatic rings. The Bertz CT molecular complexity index is 943. The maximum atomic E-state index is 12.6. The molecule has 3 rings (SSSR count). The first kappa shape index (κ1) is 21.8. The quantitative estimate of drug-likeness (QED) is 0.516. The van der Waals surface area contributed by atoms with Gasteiger partial charge < -0.3 is 15.0 Å². The highest BCUT2D eigenvalue weighted by Crippen LogP contribution is 2.29. The number of aryl methyl sites for hydroxylation is 1. The van der Waals surface area contributed by atoms with Gasteiger partial charge in [-0.3, -0.25) is 9.59 Å². The van der Waals surface area contributed by atoms with E-state index < -0.39 is 5.92 Å². The first-order chi connectivity index (χ1) is 14.4. The molecule has 1 fully saturated rings. The molecule has 1 aliphatic heterocycles. The smallest absolute Gasteiger partial charge is 0.338 e. The minimum atomic E-state index is -0.462. The maximum Gasteiger partial charge on any atom is 0.338 e. The van der Waals surface area contributed by atoms with Crippen molar-refractivity contribution in [2.75, 3.05) is 23.4 Å². The highest BCUT2D eigenvalue weighted by molar-refractivity contribution is 6.31. The van der Waals surface area contributed by atoms with Crippen LogP contribution in [0.3, 0.4) is 0 Å². The van der Waals surface area contributed by atoms with Gasteiger partial charge in [-0.25, -0.2) is 4.79 Å². The molecule has 30 heavy (non-hydrogen) atoms. The van der Waals surface area contributed by atoms with Crippen LogP contribution in [-0.2, 0) is 14.3 Å². The van der Waals surface area contributed by atoms with E-state index in [0.29, 0.717) is 35.1 Å². The molecule has 0 aromatic heterocycles. The Morgan fingerprint density at radius 1 is 1.20 bits per heavy atom. The molecule has 0 aliphatic carbocycles. The zero-order valence-corrected chi connectivity index (χ0v) is 17.9. The van der Waals surface area contributed by atoms with E-state index in [0.717, 1.165) is 18.4 Å². The lowest BCUT2D eigenvalue weighted by atomic mass is 10.1. The summed E-state index contributed by atoms with van der Waals surface area (Å²) >= 11 is 6.17. The fourth-order valence-corrected chi connectivity index (χ4v) is 3.38. The van der Waals surface area contributed by atoms with E-state index in [9.17, 15) is 14.4 Å². The molecule has 6 nitrogen and oxygen atoms in total. The van der Waals surface area contributed by atoms with Gasteiger partial charge in [-0.1, -0.05) is 31.0 Å². The number of carbonyl (C=O) groups is 3. The summed E-state index contributed by atoms with van der Waals surface area (Å²) in [6.07, 6.45) is 1.92. The Kier molecular flexibility index (Phi) is 7.11. The summed E-state index contributed by atoms with van der Waals surface area (Å²) in [5.41, 5.74) is 2.62. The van der Waals surface area contributed by atoms with Crippen molar-refractivity contribution in [1.29, 1.82) is 0 Å². The van der Waals surface area contributed by atoms with Gasteiger partial charge in [0.2, 0.25) is 11.8 Å². The Balaban J connectivity index is 1.59. The van der Waals surface area contributed by atoms with Crippen LogP contribution in [0.15, 0.2) is 42.5 Å². The molecule has 2 aromatic rings. The lowest BCUT2D eigenvalue weighted by molar-refractivity contribution is -0.122. The third kappa shape index (κ3) is 5.19. The van der Waals surface area contributed by atoms with E-state index >= 15 is 0 Å².